The van der Waals surface area contributed by atoms with Crippen LogP contribution in [0.3, 0.4) is 0 Å². The van der Waals surface area contributed by atoms with Gasteiger partial charge in [-0.15, -0.1) is 0 Å². The second kappa shape index (κ2) is 9.14. The summed E-state index contributed by atoms with van der Waals surface area (Å²) in [5.41, 5.74) is 0.709. The van der Waals surface area contributed by atoms with Gasteiger partial charge in [0.05, 0.1) is 0 Å². The van der Waals surface area contributed by atoms with E-state index in [0.717, 1.165) is 23.6 Å². The van der Waals surface area contributed by atoms with Crippen molar-refractivity contribution >= 4 is 17.7 Å². The number of amides is 1. The number of nitrogens with zero attached hydrogens (tertiary/aromatic N) is 1. The zero-order valence-electron chi connectivity index (χ0n) is 14.9. The zero-order chi connectivity index (χ0) is 17.5. The van der Waals surface area contributed by atoms with Gasteiger partial charge in [0.15, 0.2) is 0 Å². The summed E-state index contributed by atoms with van der Waals surface area (Å²) in [6.07, 6.45) is 0.626. The van der Waals surface area contributed by atoms with Crippen molar-refractivity contribution in [2.24, 2.45) is 0 Å². The van der Waals surface area contributed by atoms with E-state index in [1.54, 1.807) is 4.90 Å². The van der Waals surface area contributed by atoms with E-state index in [9.17, 15) is 4.79 Å². The van der Waals surface area contributed by atoms with E-state index in [1.807, 2.05) is 45.9 Å². The van der Waals surface area contributed by atoms with Crippen LogP contribution in [0, 0.1) is 0 Å². The Morgan fingerprint density at radius 1 is 1.39 bits per heavy atom. The Kier molecular flexibility index (Phi) is 7.86. The van der Waals surface area contributed by atoms with Crippen molar-refractivity contribution in [1.82, 2.24) is 10.2 Å². The molecular formula is C18H29ClN2O2. The molecule has 0 saturated carbocycles. The Morgan fingerprint density at radius 3 is 2.65 bits per heavy atom. The fraction of sp³-hybridized carbons (Fsp3) is 0.611. The van der Waals surface area contributed by atoms with Crippen LogP contribution in [-0.4, -0.2) is 36.2 Å². The summed E-state index contributed by atoms with van der Waals surface area (Å²) in [6.45, 7) is 11.9. The van der Waals surface area contributed by atoms with Crippen LogP contribution in [0.2, 0.25) is 5.02 Å². The molecule has 0 fully saturated rings. The summed E-state index contributed by atoms with van der Waals surface area (Å²) in [4.78, 5) is 13.8. The Morgan fingerprint density at radius 2 is 2.09 bits per heavy atom. The lowest BCUT2D eigenvalue weighted by atomic mass is 10.1. The van der Waals surface area contributed by atoms with Crippen LogP contribution in [-0.2, 0) is 4.74 Å². The highest BCUT2D eigenvalue weighted by Crippen LogP contribution is 2.17. The molecule has 5 heteroatoms. The molecule has 1 atom stereocenters. The molecule has 1 unspecified atom stereocenters. The minimum absolute atomic E-state index is 0.227. The van der Waals surface area contributed by atoms with Gasteiger partial charge in [0.25, 0.3) is 0 Å². The molecule has 1 amide bonds. The smallest absolute Gasteiger partial charge is 0.410 e. The second-order valence-electron chi connectivity index (χ2n) is 6.64. The molecule has 130 valence electrons. The Balaban J connectivity index is 2.36. The molecule has 0 spiro atoms. The first-order valence-corrected chi connectivity index (χ1v) is 8.57. The standard InChI is InChI=1S/C18H29ClN2O2/c1-6-21(17(22)23-18(3,4)5)12-8-11-20-14(2)15-9-7-10-16(19)13-15/h7,9-10,13-14,20H,6,8,11-12H2,1-5H3. The van der Waals surface area contributed by atoms with Crippen molar-refractivity contribution in [1.29, 1.82) is 0 Å². The molecule has 0 saturated heterocycles. The number of carbonyl (C=O) groups excluding carboxylic acids is 1. The SMILES string of the molecule is CCN(CCCNC(C)c1cccc(Cl)c1)C(=O)OC(C)(C)C. The van der Waals surface area contributed by atoms with E-state index in [-0.39, 0.29) is 12.1 Å². The maximum atomic E-state index is 12.0. The van der Waals surface area contributed by atoms with Gasteiger partial charge < -0.3 is 15.0 Å². The fourth-order valence-corrected chi connectivity index (χ4v) is 2.39. The van der Waals surface area contributed by atoms with Crippen molar-refractivity contribution in [2.45, 2.75) is 52.7 Å². The number of nitrogens with one attached hydrogen (secondary N) is 1. The van der Waals surface area contributed by atoms with Gasteiger partial charge in [-0.05, 0) is 65.3 Å². The molecule has 0 aliphatic heterocycles. The second-order valence-corrected chi connectivity index (χ2v) is 7.08. The van der Waals surface area contributed by atoms with Crippen LogP contribution in [0.25, 0.3) is 0 Å². The van der Waals surface area contributed by atoms with Crippen molar-refractivity contribution in [2.75, 3.05) is 19.6 Å². The van der Waals surface area contributed by atoms with Crippen LogP contribution in [0.5, 0.6) is 0 Å². The number of benzene rings is 1. The predicted molar refractivity (Wildman–Crippen MR) is 96.0 cm³/mol. The lowest BCUT2D eigenvalue weighted by Crippen LogP contribution is -2.38. The number of carbonyl (C=O) groups is 1. The van der Waals surface area contributed by atoms with Crippen molar-refractivity contribution in [3.05, 3.63) is 34.9 Å². The fourth-order valence-electron chi connectivity index (χ4n) is 2.19. The highest BCUT2D eigenvalue weighted by molar-refractivity contribution is 6.30. The first kappa shape index (κ1) is 19.8. The van der Waals surface area contributed by atoms with Gasteiger partial charge in [-0.1, -0.05) is 23.7 Å². The van der Waals surface area contributed by atoms with E-state index in [2.05, 4.69) is 18.3 Å². The van der Waals surface area contributed by atoms with Gasteiger partial charge in [0, 0.05) is 24.2 Å². The monoisotopic (exact) mass is 340 g/mol. The third-order valence-electron chi connectivity index (χ3n) is 3.44. The van der Waals surface area contributed by atoms with Crippen molar-refractivity contribution in [3.63, 3.8) is 0 Å². The first-order valence-electron chi connectivity index (χ1n) is 8.19. The molecule has 0 aromatic heterocycles. The summed E-state index contributed by atoms with van der Waals surface area (Å²) >= 11 is 6.01. The van der Waals surface area contributed by atoms with E-state index in [0.29, 0.717) is 13.1 Å². The minimum Gasteiger partial charge on any atom is -0.444 e. The predicted octanol–water partition coefficient (Wildman–Crippen LogP) is 4.64. The van der Waals surface area contributed by atoms with Gasteiger partial charge in [-0.3, -0.25) is 0 Å². The van der Waals surface area contributed by atoms with Crippen LogP contribution in [0.15, 0.2) is 24.3 Å². The number of rotatable bonds is 7. The van der Waals surface area contributed by atoms with Gasteiger partial charge in [-0.25, -0.2) is 4.79 Å². The molecule has 1 aromatic carbocycles. The average Bonchev–Trinajstić information content (AvgIpc) is 2.45. The van der Waals surface area contributed by atoms with Crippen LogP contribution in [0.4, 0.5) is 4.79 Å². The summed E-state index contributed by atoms with van der Waals surface area (Å²) in [5.74, 6) is 0. The van der Waals surface area contributed by atoms with Crippen LogP contribution < -0.4 is 5.32 Å². The largest absolute Gasteiger partial charge is 0.444 e. The molecule has 1 aromatic rings. The molecule has 1 N–H and O–H groups in total. The van der Waals surface area contributed by atoms with E-state index in [1.165, 1.54) is 0 Å². The van der Waals surface area contributed by atoms with Crippen molar-refractivity contribution < 1.29 is 9.53 Å². The van der Waals surface area contributed by atoms with Crippen LogP contribution in [0.1, 0.15) is 52.6 Å². The summed E-state index contributed by atoms with van der Waals surface area (Å²) in [7, 11) is 0. The number of hydrogen-bond donors (Lipinski definition) is 1. The highest BCUT2D eigenvalue weighted by atomic mass is 35.5. The highest BCUT2D eigenvalue weighted by Gasteiger charge is 2.20. The number of ether oxygens (including phenoxy) is 1. The zero-order valence-corrected chi connectivity index (χ0v) is 15.6. The van der Waals surface area contributed by atoms with Gasteiger partial charge >= 0.3 is 6.09 Å². The Hall–Kier alpha value is -1.26. The average molecular weight is 341 g/mol. The third-order valence-corrected chi connectivity index (χ3v) is 3.67. The lowest BCUT2D eigenvalue weighted by Gasteiger charge is -2.26. The summed E-state index contributed by atoms with van der Waals surface area (Å²) in [5, 5.41) is 4.20. The molecule has 0 bridgehead atoms. The Labute approximate surface area is 145 Å². The maximum Gasteiger partial charge on any atom is 0.410 e. The maximum absolute atomic E-state index is 12.0. The topological polar surface area (TPSA) is 41.6 Å². The normalized spacial score (nSPS) is 12.8. The number of hydrogen-bond acceptors (Lipinski definition) is 3. The van der Waals surface area contributed by atoms with E-state index in [4.69, 9.17) is 16.3 Å². The van der Waals surface area contributed by atoms with E-state index >= 15 is 0 Å². The third kappa shape index (κ3) is 7.71. The molecule has 23 heavy (non-hydrogen) atoms. The van der Waals surface area contributed by atoms with E-state index < -0.39 is 5.60 Å². The quantitative estimate of drug-likeness (QED) is 0.735. The molecule has 0 aliphatic rings. The van der Waals surface area contributed by atoms with Gasteiger partial charge in [-0.2, -0.15) is 0 Å². The summed E-state index contributed by atoms with van der Waals surface area (Å²) < 4.78 is 5.40. The molecule has 0 aliphatic carbocycles. The van der Waals surface area contributed by atoms with Crippen molar-refractivity contribution in [3.8, 4) is 0 Å². The molecule has 4 nitrogen and oxygen atoms in total. The molecule has 0 heterocycles. The molecule has 1 rings (SSSR count). The van der Waals surface area contributed by atoms with Gasteiger partial charge in [0.1, 0.15) is 5.60 Å². The Bertz CT molecular complexity index is 500. The first-order chi connectivity index (χ1) is 10.7. The number of halogens is 1. The van der Waals surface area contributed by atoms with Crippen LogP contribution >= 0.6 is 11.6 Å². The molecular weight excluding hydrogens is 312 g/mol. The van der Waals surface area contributed by atoms with Gasteiger partial charge in [0.2, 0.25) is 0 Å². The minimum atomic E-state index is -0.455. The molecule has 0 radical (unpaired) electrons. The summed E-state index contributed by atoms with van der Waals surface area (Å²) in [6, 6.07) is 8.08. The lowest BCUT2D eigenvalue weighted by molar-refractivity contribution is 0.0258.